The molecule has 2 aromatic rings. The lowest BCUT2D eigenvalue weighted by Gasteiger charge is -2.25. The lowest BCUT2D eigenvalue weighted by Crippen LogP contribution is -2.33. The molecule has 2 unspecified atom stereocenters. The Hall–Kier alpha value is -2.40. The lowest BCUT2D eigenvalue weighted by molar-refractivity contribution is -0.131. The zero-order valence-corrected chi connectivity index (χ0v) is 12.5. The average Bonchev–Trinajstić information content (AvgIpc) is 2.92. The maximum atomic E-state index is 13.1. The van der Waals surface area contributed by atoms with E-state index >= 15 is 0 Å². The van der Waals surface area contributed by atoms with E-state index in [0.29, 0.717) is 6.42 Å². The van der Waals surface area contributed by atoms with Gasteiger partial charge in [-0.3, -0.25) is 4.79 Å². The zero-order valence-electron chi connectivity index (χ0n) is 12.5. The molecule has 0 spiro atoms. The van der Waals surface area contributed by atoms with E-state index < -0.39 is 6.10 Å². The Labute approximate surface area is 133 Å². The summed E-state index contributed by atoms with van der Waals surface area (Å²) >= 11 is 0. The summed E-state index contributed by atoms with van der Waals surface area (Å²) in [7, 11) is 0. The van der Waals surface area contributed by atoms with E-state index in [2.05, 4.69) is 0 Å². The predicted octanol–water partition coefficient (Wildman–Crippen LogP) is 2.41. The van der Waals surface area contributed by atoms with E-state index in [0.717, 1.165) is 11.1 Å². The van der Waals surface area contributed by atoms with Crippen LogP contribution in [0.4, 0.5) is 4.39 Å². The van der Waals surface area contributed by atoms with Crippen LogP contribution in [0.25, 0.3) is 0 Å². The summed E-state index contributed by atoms with van der Waals surface area (Å²) in [5.41, 5.74) is 1.62. The molecule has 2 atom stereocenters. The number of aliphatic hydroxyl groups is 1. The highest BCUT2D eigenvalue weighted by molar-refractivity contribution is 5.79. The Morgan fingerprint density at radius 2 is 1.78 bits per heavy atom. The number of β-amino-alcohol motifs (C(OH)–C–C–N with tert-alkyl or cyclic N) is 1. The summed E-state index contributed by atoms with van der Waals surface area (Å²) < 4.78 is 13.1. The van der Waals surface area contributed by atoms with Crippen LogP contribution in [0.3, 0.4) is 0 Å². The van der Waals surface area contributed by atoms with Crippen molar-refractivity contribution in [3.8, 4) is 5.75 Å². The molecule has 3 rings (SSSR count). The fraction of sp³-hybridized carbons (Fsp3) is 0.278. The molecular weight excluding hydrogens is 297 g/mol. The molecule has 5 heteroatoms. The van der Waals surface area contributed by atoms with Crippen molar-refractivity contribution >= 4 is 5.91 Å². The van der Waals surface area contributed by atoms with Crippen molar-refractivity contribution in [2.45, 2.75) is 25.0 Å². The van der Waals surface area contributed by atoms with E-state index in [-0.39, 0.29) is 36.5 Å². The van der Waals surface area contributed by atoms with Crippen LogP contribution in [0.1, 0.15) is 23.6 Å². The van der Waals surface area contributed by atoms with E-state index in [4.69, 9.17) is 0 Å². The van der Waals surface area contributed by atoms with E-state index in [9.17, 15) is 19.4 Å². The summed E-state index contributed by atoms with van der Waals surface area (Å²) in [5.74, 6) is -0.266. The van der Waals surface area contributed by atoms with Gasteiger partial charge in [-0.1, -0.05) is 24.3 Å². The van der Waals surface area contributed by atoms with Gasteiger partial charge in [0, 0.05) is 6.54 Å². The largest absolute Gasteiger partial charge is 0.508 e. The summed E-state index contributed by atoms with van der Waals surface area (Å²) in [6.07, 6.45) is 0.0753. The molecule has 1 amide bonds. The minimum atomic E-state index is -0.575. The van der Waals surface area contributed by atoms with E-state index in [1.165, 1.54) is 12.1 Å². The van der Waals surface area contributed by atoms with Crippen molar-refractivity contribution in [3.05, 3.63) is 65.5 Å². The molecule has 1 heterocycles. The Morgan fingerprint density at radius 3 is 2.43 bits per heavy atom. The number of aliphatic hydroxyl groups excluding tert-OH is 1. The third-order valence-electron chi connectivity index (χ3n) is 4.15. The van der Waals surface area contributed by atoms with Gasteiger partial charge in [-0.15, -0.1) is 0 Å². The molecule has 1 aliphatic rings. The van der Waals surface area contributed by atoms with Crippen molar-refractivity contribution in [2.75, 3.05) is 6.54 Å². The van der Waals surface area contributed by atoms with Crippen LogP contribution in [-0.2, 0) is 11.2 Å². The van der Waals surface area contributed by atoms with Crippen molar-refractivity contribution in [1.29, 1.82) is 0 Å². The number of rotatable bonds is 3. The van der Waals surface area contributed by atoms with Crippen molar-refractivity contribution in [2.24, 2.45) is 0 Å². The molecule has 0 saturated carbocycles. The lowest BCUT2D eigenvalue weighted by atomic mass is 10.0. The second-order valence-electron chi connectivity index (χ2n) is 5.85. The number of carbonyl (C=O) groups excluding carboxylic acids is 1. The molecule has 0 aliphatic carbocycles. The number of benzene rings is 2. The van der Waals surface area contributed by atoms with Crippen molar-refractivity contribution in [3.63, 3.8) is 0 Å². The quantitative estimate of drug-likeness (QED) is 0.914. The fourth-order valence-electron chi connectivity index (χ4n) is 2.98. The monoisotopic (exact) mass is 315 g/mol. The highest BCUT2D eigenvalue weighted by Crippen LogP contribution is 2.32. The first-order chi connectivity index (χ1) is 11.0. The molecule has 0 aromatic heterocycles. The van der Waals surface area contributed by atoms with Crippen molar-refractivity contribution < 1.29 is 19.4 Å². The van der Waals surface area contributed by atoms with Gasteiger partial charge in [0.25, 0.3) is 0 Å². The number of carbonyl (C=O) groups is 1. The van der Waals surface area contributed by atoms with Crippen LogP contribution in [0.5, 0.6) is 5.75 Å². The third kappa shape index (κ3) is 3.51. The van der Waals surface area contributed by atoms with Gasteiger partial charge >= 0.3 is 0 Å². The molecule has 0 radical (unpaired) electrons. The van der Waals surface area contributed by atoms with E-state index in [1.807, 2.05) is 0 Å². The number of hydrogen-bond donors (Lipinski definition) is 2. The van der Waals surface area contributed by atoms with Crippen LogP contribution in [0.2, 0.25) is 0 Å². The first-order valence-corrected chi connectivity index (χ1v) is 7.54. The van der Waals surface area contributed by atoms with Gasteiger partial charge in [-0.05, 0) is 41.8 Å². The minimum absolute atomic E-state index is 0.0958. The Bertz CT molecular complexity index is 684. The highest BCUT2D eigenvalue weighted by atomic mass is 19.1. The molecule has 1 fully saturated rings. The van der Waals surface area contributed by atoms with Gasteiger partial charge in [0.05, 0.1) is 18.6 Å². The predicted molar refractivity (Wildman–Crippen MR) is 83.3 cm³/mol. The normalized spacial score (nSPS) is 20.7. The summed E-state index contributed by atoms with van der Waals surface area (Å²) in [6.45, 7) is 0.277. The molecule has 0 bridgehead atoms. The molecule has 4 nitrogen and oxygen atoms in total. The molecule has 2 N–H and O–H groups in total. The van der Waals surface area contributed by atoms with Gasteiger partial charge in [-0.2, -0.15) is 0 Å². The van der Waals surface area contributed by atoms with Crippen LogP contribution in [-0.4, -0.2) is 33.7 Å². The highest BCUT2D eigenvalue weighted by Gasteiger charge is 2.35. The van der Waals surface area contributed by atoms with Gasteiger partial charge in [0.1, 0.15) is 11.6 Å². The standard InChI is InChI=1S/C18H18FNO3/c19-14-5-3-13(4-6-14)17-10-16(22)11-20(17)18(23)9-12-1-7-15(21)8-2-12/h1-8,16-17,21-22H,9-11H2. The number of phenols is 1. The topological polar surface area (TPSA) is 60.8 Å². The molecule has 1 saturated heterocycles. The molecular formula is C18H18FNO3. The zero-order chi connectivity index (χ0) is 16.4. The first-order valence-electron chi connectivity index (χ1n) is 7.54. The second kappa shape index (κ2) is 6.38. The van der Waals surface area contributed by atoms with E-state index in [1.54, 1.807) is 41.3 Å². The number of nitrogens with zero attached hydrogens (tertiary/aromatic N) is 1. The van der Waals surface area contributed by atoms with Gasteiger partial charge in [-0.25, -0.2) is 4.39 Å². The average molecular weight is 315 g/mol. The van der Waals surface area contributed by atoms with Crippen LogP contribution >= 0.6 is 0 Å². The third-order valence-corrected chi connectivity index (χ3v) is 4.15. The summed E-state index contributed by atoms with van der Waals surface area (Å²) in [6, 6.07) is 12.3. The maximum Gasteiger partial charge on any atom is 0.227 e. The van der Waals surface area contributed by atoms with Gasteiger partial charge < -0.3 is 15.1 Å². The first kappa shape index (κ1) is 15.5. The summed E-state index contributed by atoms with van der Waals surface area (Å²) in [5, 5.41) is 19.2. The Balaban J connectivity index is 1.77. The van der Waals surface area contributed by atoms with Crippen LogP contribution < -0.4 is 0 Å². The Kier molecular flexibility index (Phi) is 4.30. The smallest absolute Gasteiger partial charge is 0.227 e. The number of amides is 1. The molecule has 23 heavy (non-hydrogen) atoms. The maximum absolute atomic E-state index is 13.1. The van der Waals surface area contributed by atoms with Crippen LogP contribution in [0, 0.1) is 5.82 Å². The fourth-order valence-corrected chi connectivity index (χ4v) is 2.98. The van der Waals surface area contributed by atoms with Gasteiger partial charge in [0.15, 0.2) is 0 Å². The molecule has 2 aromatic carbocycles. The Morgan fingerprint density at radius 1 is 1.13 bits per heavy atom. The number of phenolic OH excluding ortho intramolecular Hbond substituents is 1. The number of aromatic hydroxyl groups is 1. The minimum Gasteiger partial charge on any atom is -0.508 e. The second-order valence-corrected chi connectivity index (χ2v) is 5.85. The number of likely N-dealkylation sites (tertiary alicyclic amines) is 1. The number of halogens is 1. The SMILES string of the molecule is O=C(Cc1ccc(O)cc1)N1CC(O)CC1c1ccc(F)cc1. The number of hydrogen-bond acceptors (Lipinski definition) is 3. The van der Waals surface area contributed by atoms with Gasteiger partial charge in [0.2, 0.25) is 5.91 Å². The van der Waals surface area contributed by atoms with Crippen molar-refractivity contribution in [1.82, 2.24) is 4.90 Å². The summed E-state index contributed by atoms with van der Waals surface area (Å²) in [4.78, 5) is 14.2. The molecule has 120 valence electrons. The molecule has 1 aliphatic heterocycles. The van der Waals surface area contributed by atoms with Crippen LogP contribution in [0.15, 0.2) is 48.5 Å².